The zero-order chi connectivity index (χ0) is 10.7. The van der Waals surface area contributed by atoms with Crippen molar-refractivity contribution < 1.29 is 9.47 Å². The first-order valence-corrected chi connectivity index (χ1v) is 6.58. The lowest BCUT2D eigenvalue weighted by Crippen LogP contribution is -2.38. The molecule has 0 saturated carbocycles. The lowest BCUT2D eigenvalue weighted by Gasteiger charge is -2.36. The molecule has 0 amide bonds. The molecule has 2 heterocycles. The Bertz CT molecular complexity index is 193. The third kappa shape index (κ3) is 2.73. The molecule has 2 unspecified atom stereocenters. The Hall–Kier alpha value is -0.0800. The second-order valence-electron chi connectivity index (χ2n) is 5.17. The van der Waals surface area contributed by atoms with Crippen LogP contribution in [0.15, 0.2) is 0 Å². The molecule has 2 aliphatic heterocycles. The van der Waals surface area contributed by atoms with Crippen molar-refractivity contribution in [1.82, 2.24) is 0 Å². The Labute approximate surface area is 93.3 Å². The molecule has 0 aromatic carbocycles. The fourth-order valence-corrected chi connectivity index (χ4v) is 2.87. The molecule has 2 rings (SSSR count). The summed E-state index contributed by atoms with van der Waals surface area (Å²) in [5.74, 6) is 1.41. The predicted octanol–water partition coefficient (Wildman–Crippen LogP) is 3.35. The number of hydrogen-bond acceptors (Lipinski definition) is 2. The first-order chi connectivity index (χ1) is 7.31. The molecule has 0 bridgehead atoms. The van der Waals surface area contributed by atoms with Crippen LogP contribution in [-0.4, -0.2) is 19.0 Å². The van der Waals surface area contributed by atoms with Crippen LogP contribution in [0, 0.1) is 11.8 Å². The highest BCUT2D eigenvalue weighted by molar-refractivity contribution is 4.82. The molecule has 88 valence electrons. The third-order valence-electron chi connectivity index (χ3n) is 3.87. The number of hydrogen-bond donors (Lipinski definition) is 0. The average Bonchev–Trinajstić information content (AvgIpc) is 2.65. The fraction of sp³-hybridized carbons (Fsp3) is 1.00. The Kier molecular flexibility index (Phi) is 4.04. The average molecular weight is 212 g/mol. The number of unbranched alkanes of at least 4 members (excludes halogenated alkanes) is 2. The smallest absolute Gasteiger partial charge is 0.160 e. The minimum atomic E-state index is 0.132. The normalized spacial score (nSPS) is 40.4. The summed E-state index contributed by atoms with van der Waals surface area (Å²) in [6.07, 6.45) is 8.26. The molecular formula is C13H24O2. The predicted molar refractivity (Wildman–Crippen MR) is 60.6 cm³/mol. The molecule has 2 heteroatoms. The van der Waals surface area contributed by atoms with Gasteiger partial charge < -0.3 is 9.47 Å². The van der Waals surface area contributed by atoms with Gasteiger partial charge in [0.1, 0.15) is 0 Å². The first-order valence-electron chi connectivity index (χ1n) is 6.58. The van der Waals surface area contributed by atoms with Gasteiger partial charge >= 0.3 is 0 Å². The first kappa shape index (κ1) is 11.4. The van der Waals surface area contributed by atoms with Crippen LogP contribution in [0.2, 0.25) is 0 Å². The topological polar surface area (TPSA) is 18.5 Å². The van der Waals surface area contributed by atoms with Gasteiger partial charge in [0.05, 0.1) is 12.7 Å². The molecule has 0 aromatic heterocycles. The van der Waals surface area contributed by atoms with Crippen LogP contribution < -0.4 is 0 Å². The summed E-state index contributed by atoms with van der Waals surface area (Å²) in [4.78, 5) is 0. The van der Waals surface area contributed by atoms with Crippen molar-refractivity contribution in [3.05, 3.63) is 0 Å². The van der Waals surface area contributed by atoms with E-state index in [1.54, 1.807) is 0 Å². The third-order valence-corrected chi connectivity index (χ3v) is 3.87. The summed E-state index contributed by atoms with van der Waals surface area (Å²) in [6, 6.07) is 0. The van der Waals surface area contributed by atoms with Crippen LogP contribution in [0.5, 0.6) is 0 Å². The van der Waals surface area contributed by atoms with Gasteiger partial charge in [0.15, 0.2) is 6.29 Å². The molecule has 2 saturated heterocycles. The highest BCUT2D eigenvalue weighted by atomic mass is 16.7. The zero-order valence-corrected chi connectivity index (χ0v) is 10.1. The molecule has 4 atom stereocenters. The van der Waals surface area contributed by atoms with Gasteiger partial charge in [-0.2, -0.15) is 0 Å². The van der Waals surface area contributed by atoms with E-state index in [1.165, 1.54) is 38.5 Å². The summed E-state index contributed by atoms with van der Waals surface area (Å²) in [7, 11) is 0. The fourth-order valence-electron chi connectivity index (χ4n) is 2.87. The zero-order valence-electron chi connectivity index (χ0n) is 10.1. The van der Waals surface area contributed by atoms with E-state index in [0.29, 0.717) is 12.0 Å². The summed E-state index contributed by atoms with van der Waals surface area (Å²) < 4.78 is 11.7. The van der Waals surface area contributed by atoms with Crippen LogP contribution >= 0.6 is 0 Å². The van der Waals surface area contributed by atoms with Crippen LogP contribution in [-0.2, 0) is 9.47 Å². The number of rotatable bonds is 4. The molecule has 2 fully saturated rings. The van der Waals surface area contributed by atoms with Crippen molar-refractivity contribution in [3.8, 4) is 0 Å². The maximum Gasteiger partial charge on any atom is 0.160 e. The van der Waals surface area contributed by atoms with E-state index in [9.17, 15) is 0 Å². The summed E-state index contributed by atoms with van der Waals surface area (Å²) in [5, 5.41) is 0. The molecule has 0 aromatic rings. The van der Waals surface area contributed by atoms with Gasteiger partial charge in [-0.25, -0.2) is 0 Å². The molecule has 0 N–H and O–H groups in total. The van der Waals surface area contributed by atoms with Gasteiger partial charge in [0.2, 0.25) is 0 Å². The van der Waals surface area contributed by atoms with Crippen LogP contribution in [0.4, 0.5) is 0 Å². The monoisotopic (exact) mass is 212 g/mol. The summed E-state index contributed by atoms with van der Waals surface area (Å²) in [5.41, 5.74) is 0. The van der Waals surface area contributed by atoms with Crippen molar-refractivity contribution in [2.75, 3.05) is 6.61 Å². The second-order valence-corrected chi connectivity index (χ2v) is 5.17. The Morgan fingerprint density at radius 2 is 2.13 bits per heavy atom. The number of ether oxygens (including phenoxy) is 2. The SMILES string of the molecule is CCCCC[C@H]1OC2OCCC2C[C@@H]1C. The molecule has 0 radical (unpaired) electrons. The van der Waals surface area contributed by atoms with E-state index in [1.807, 2.05) is 0 Å². The van der Waals surface area contributed by atoms with E-state index in [0.717, 1.165) is 12.5 Å². The minimum Gasteiger partial charge on any atom is -0.352 e. The highest BCUT2D eigenvalue weighted by Gasteiger charge is 2.38. The van der Waals surface area contributed by atoms with Gasteiger partial charge in [-0.15, -0.1) is 0 Å². The molecule has 0 spiro atoms. The van der Waals surface area contributed by atoms with Gasteiger partial charge in [0, 0.05) is 5.92 Å². The van der Waals surface area contributed by atoms with E-state index < -0.39 is 0 Å². The minimum absolute atomic E-state index is 0.132. The molecular weight excluding hydrogens is 188 g/mol. The van der Waals surface area contributed by atoms with Crippen LogP contribution in [0.3, 0.4) is 0 Å². The van der Waals surface area contributed by atoms with Gasteiger partial charge in [0.25, 0.3) is 0 Å². The van der Waals surface area contributed by atoms with Crippen LogP contribution in [0.1, 0.15) is 52.4 Å². The van der Waals surface area contributed by atoms with Gasteiger partial charge in [-0.05, 0) is 25.2 Å². The lowest BCUT2D eigenvalue weighted by atomic mass is 9.85. The van der Waals surface area contributed by atoms with Gasteiger partial charge in [-0.1, -0.05) is 33.1 Å². The van der Waals surface area contributed by atoms with E-state index in [2.05, 4.69) is 13.8 Å². The lowest BCUT2D eigenvalue weighted by molar-refractivity contribution is -0.203. The maximum absolute atomic E-state index is 6.05. The molecule has 15 heavy (non-hydrogen) atoms. The highest BCUT2D eigenvalue weighted by Crippen LogP contribution is 2.37. The van der Waals surface area contributed by atoms with E-state index >= 15 is 0 Å². The van der Waals surface area contributed by atoms with E-state index in [4.69, 9.17) is 9.47 Å². The van der Waals surface area contributed by atoms with Crippen molar-refractivity contribution in [2.45, 2.75) is 64.8 Å². The largest absolute Gasteiger partial charge is 0.352 e. The molecule has 2 aliphatic rings. The molecule has 0 aliphatic carbocycles. The quantitative estimate of drug-likeness (QED) is 0.665. The van der Waals surface area contributed by atoms with Crippen molar-refractivity contribution in [1.29, 1.82) is 0 Å². The van der Waals surface area contributed by atoms with Crippen molar-refractivity contribution >= 4 is 0 Å². The Morgan fingerprint density at radius 3 is 2.93 bits per heavy atom. The summed E-state index contributed by atoms with van der Waals surface area (Å²) in [6.45, 7) is 5.50. The molecule has 2 nitrogen and oxygen atoms in total. The van der Waals surface area contributed by atoms with E-state index in [-0.39, 0.29) is 6.29 Å². The van der Waals surface area contributed by atoms with Crippen molar-refractivity contribution in [2.24, 2.45) is 11.8 Å². The standard InChI is InChI=1S/C13H24O2/c1-3-4-5-6-12-10(2)9-11-7-8-14-13(11)15-12/h10-13H,3-9H2,1-2H3/t10-,11?,12+,13?/m0/s1. The number of fused-ring (bicyclic) bond motifs is 1. The second kappa shape index (κ2) is 5.31. The Morgan fingerprint density at radius 1 is 1.27 bits per heavy atom. The summed E-state index contributed by atoms with van der Waals surface area (Å²) >= 11 is 0. The van der Waals surface area contributed by atoms with Crippen LogP contribution in [0.25, 0.3) is 0 Å². The van der Waals surface area contributed by atoms with Gasteiger partial charge in [-0.3, -0.25) is 0 Å². The van der Waals surface area contributed by atoms with Crippen molar-refractivity contribution in [3.63, 3.8) is 0 Å². The Balaban J connectivity index is 1.79. The maximum atomic E-state index is 6.05.